The highest BCUT2D eigenvalue weighted by atomic mass is 16.3. The molecule has 2 aromatic rings. The molecule has 1 aromatic carbocycles. The standard InChI is InChI=1S/C18H18N2O2/c1-17(2)14-7-3-4-8-15(14)20-12-16(21)19-18(17,20)10-9-13-6-5-11-22-13/h3-11H,12H2,1-2H3,(H,19,21)/b10-9+/t18-/m0/s1. The molecule has 1 amide bonds. The van der Waals surface area contributed by atoms with Gasteiger partial charge in [-0.05, 0) is 35.9 Å². The number of nitrogens with one attached hydrogen (secondary N) is 1. The van der Waals surface area contributed by atoms with E-state index in [4.69, 9.17) is 4.42 Å². The number of carbonyl (C=O) groups is 1. The lowest BCUT2D eigenvalue weighted by Gasteiger charge is -2.40. The molecule has 1 saturated heterocycles. The average molecular weight is 294 g/mol. The fourth-order valence-electron chi connectivity index (χ4n) is 3.73. The number of anilines is 1. The number of hydrogen-bond acceptors (Lipinski definition) is 3. The number of fused-ring (bicyclic) bond motifs is 3. The minimum atomic E-state index is -0.555. The second kappa shape index (κ2) is 4.26. The lowest BCUT2D eigenvalue weighted by atomic mass is 9.75. The van der Waals surface area contributed by atoms with Crippen molar-refractivity contribution in [3.05, 3.63) is 60.1 Å². The van der Waals surface area contributed by atoms with E-state index in [0.29, 0.717) is 6.54 Å². The number of carbonyl (C=O) groups excluding carboxylic acids is 1. The first-order chi connectivity index (χ1) is 10.5. The van der Waals surface area contributed by atoms with Gasteiger partial charge in [0.05, 0.1) is 12.8 Å². The molecule has 1 atom stereocenters. The van der Waals surface area contributed by atoms with Crippen LogP contribution in [0.2, 0.25) is 0 Å². The van der Waals surface area contributed by atoms with Crippen LogP contribution < -0.4 is 10.2 Å². The zero-order chi connectivity index (χ0) is 15.4. The van der Waals surface area contributed by atoms with Gasteiger partial charge >= 0.3 is 0 Å². The van der Waals surface area contributed by atoms with Gasteiger partial charge in [0, 0.05) is 11.1 Å². The molecule has 0 radical (unpaired) electrons. The van der Waals surface area contributed by atoms with Gasteiger partial charge in [0.25, 0.3) is 0 Å². The Kier molecular flexibility index (Phi) is 2.55. The Balaban J connectivity index is 1.87. The maximum Gasteiger partial charge on any atom is 0.241 e. The van der Waals surface area contributed by atoms with Gasteiger partial charge in [0.2, 0.25) is 5.91 Å². The van der Waals surface area contributed by atoms with E-state index in [1.165, 1.54) is 5.56 Å². The molecule has 0 spiro atoms. The Bertz CT molecular complexity index is 761. The Morgan fingerprint density at radius 1 is 1.23 bits per heavy atom. The molecular formula is C18H18N2O2. The lowest BCUT2D eigenvalue weighted by Crippen LogP contribution is -2.58. The smallest absolute Gasteiger partial charge is 0.241 e. The molecule has 2 aliphatic heterocycles. The predicted molar refractivity (Wildman–Crippen MR) is 85.4 cm³/mol. The largest absolute Gasteiger partial charge is 0.465 e. The minimum Gasteiger partial charge on any atom is -0.465 e. The molecule has 1 aromatic heterocycles. The van der Waals surface area contributed by atoms with Crippen LogP contribution >= 0.6 is 0 Å². The molecule has 2 aliphatic rings. The SMILES string of the molecule is CC1(C)c2ccccc2N2CC(=O)N[C@@]21/C=C/c1ccco1. The van der Waals surface area contributed by atoms with E-state index < -0.39 is 5.66 Å². The number of benzene rings is 1. The third-order valence-electron chi connectivity index (χ3n) is 4.91. The molecule has 4 nitrogen and oxygen atoms in total. The number of nitrogens with zero attached hydrogens (tertiary/aromatic N) is 1. The minimum absolute atomic E-state index is 0.0478. The van der Waals surface area contributed by atoms with E-state index in [-0.39, 0.29) is 11.3 Å². The van der Waals surface area contributed by atoms with Crippen LogP contribution in [0, 0.1) is 0 Å². The molecule has 4 rings (SSSR count). The third kappa shape index (κ3) is 1.55. The van der Waals surface area contributed by atoms with Crippen LogP contribution in [0.3, 0.4) is 0 Å². The first-order valence-electron chi connectivity index (χ1n) is 7.45. The van der Waals surface area contributed by atoms with Crippen molar-refractivity contribution in [3.8, 4) is 0 Å². The van der Waals surface area contributed by atoms with Crippen LogP contribution in [0.25, 0.3) is 6.08 Å². The van der Waals surface area contributed by atoms with Gasteiger partial charge in [-0.15, -0.1) is 0 Å². The summed E-state index contributed by atoms with van der Waals surface area (Å²) in [7, 11) is 0. The maximum absolute atomic E-state index is 12.1. The van der Waals surface area contributed by atoms with Crippen LogP contribution in [0.15, 0.2) is 53.2 Å². The molecular weight excluding hydrogens is 276 g/mol. The van der Waals surface area contributed by atoms with Crippen molar-refractivity contribution >= 4 is 17.7 Å². The number of hydrogen-bond donors (Lipinski definition) is 1. The summed E-state index contributed by atoms with van der Waals surface area (Å²) in [6.07, 6.45) is 5.64. The van der Waals surface area contributed by atoms with Crippen LogP contribution in [0.5, 0.6) is 0 Å². The Labute approximate surface area is 129 Å². The molecule has 1 N–H and O–H groups in total. The van der Waals surface area contributed by atoms with E-state index in [1.54, 1.807) is 6.26 Å². The third-order valence-corrected chi connectivity index (χ3v) is 4.91. The van der Waals surface area contributed by atoms with Crippen molar-refractivity contribution < 1.29 is 9.21 Å². The highest BCUT2D eigenvalue weighted by molar-refractivity contribution is 5.91. The fraction of sp³-hybridized carbons (Fsp3) is 0.278. The summed E-state index contributed by atoms with van der Waals surface area (Å²) < 4.78 is 5.39. The molecule has 22 heavy (non-hydrogen) atoms. The Hall–Kier alpha value is -2.49. The Morgan fingerprint density at radius 3 is 2.82 bits per heavy atom. The topological polar surface area (TPSA) is 45.5 Å². The number of amides is 1. The normalized spacial score (nSPS) is 25.4. The summed E-state index contributed by atoms with van der Waals surface area (Å²) in [6.45, 7) is 4.72. The second-order valence-electron chi connectivity index (χ2n) is 6.39. The molecule has 3 heterocycles. The van der Waals surface area contributed by atoms with Crippen LogP contribution in [-0.2, 0) is 10.2 Å². The van der Waals surface area contributed by atoms with Crippen LogP contribution in [-0.4, -0.2) is 18.1 Å². The monoisotopic (exact) mass is 294 g/mol. The van der Waals surface area contributed by atoms with Crippen molar-refractivity contribution in [1.82, 2.24) is 5.32 Å². The van der Waals surface area contributed by atoms with Crippen LogP contribution in [0.1, 0.15) is 25.2 Å². The number of furan rings is 1. The molecule has 0 bridgehead atoms. The van der Waals surface area contributed by atoms with Crippen molar-refractivity contribution in [2.45, 2.75) is 24.9 Å². The van der Waals surface area contributed by atoms with Crippen molar-refractivity contribution in [2.75, 3.05) is 11.4 Å². The molecule has 0 saturated carbocycles. The van der Waals surface area contributed by atoms with Crippen molar-refractivity contribution in [1.29, 1.82) is 0 Å². The molecule has 112 valence electrons. The summed E-state index contributed by atoms with van der Waals surface area (Å²) in [6, 6.07) is 12.1. The van der Waals surface area contributed by atoms with E-state index in [9.17, 15) is 4.79 Å². The predicted octanol–water partition coefficient (Wildman–Crippen LogP) is 2.92. The van der Waals surface area contributed by atoms with Gasteiger partial charge in [0.1, 0.15) is 11.4 Å². The van der Waals surface area contributed by atoms with Gasteiger partial charge in [0.15, 0.2) is 0 Å². The van der Waals surface area contributed by atoms with Gasteiger partial charge < -0.3 is 14.6 Å². The fourth-order valence-corrected chi connectivity index (χ4v) is 3.73. The first kappa shape index (κ1) is 13.2. The molecule has 4 heteroatoms. The summed E-state index contributed by atoms with van der Waals surface area (Å²) >= 11 is 0. The van der Waals surface area contributed by atoms with Crippen LogP contribution in [0.4, 0.5) is 5.69 Å². The highest BCUT2D eigenvalue weighted by Gasteiger charge is 2.59. The summed E-state index contributed by atoms with van der Waals surface area (Å²) in [5.74, 6) is 0.828. The zero-order valence-electron chi connectivity index (χ0n) is 12.7. The molecule has 0 unspecified atom stereocenters. The molecule has 1 fully saturated rings. The van der Waals surface area contributed by atoms with E-state index in [1.807, 2.05) is 24.3 Å². The van der Waals surface area contributed by atoms with Gasteiger partial charge in [-0.1, -0.05) is 32.0 Å². The van der Waals surface area contributed by atoms with E-state index in [2.05, 4.69) is 48.3 Å². The second-order valence-corrected chi connectivity index (χ2v) is 6.39. The summed E-state index contributed by atoms with van der Waals surface area (Å²) in [5, 5.41) is 3.19. The van der Waals surface area contributed by atoms with Crippen molar-refractivity contribution in [2.24, 2.45) is 0 Å². The number of para-hydroxylation sites is 1. The highest BCUT2D eigenvalue weighted by Crippen LogP contribution is 2.52. The van der Waals surface area contributed by atoms with E-state index >= 15 is 0 Å². The Morgan fingerprint density at radius 2 is 2.05 bits per heavy atom. The zero-order valence-corrected chi connectivity index (χ0v) is 12.7. The lowest BCUT2D eigenvalue weighted by molar-refractivity contribution is -0.118. The first-order valence-corrected chi connectivity index (χ1v) is 7.45. The summed E-state index contributed by atoms with van der Waals surface area (Å²) in [4.78, 5) is 14.3. The number of rotatable bonds is 2. The van der Waals surface area contributed by atoms with Crippen molar-refractivity contribution in [3.63, 3.8) is 0 Å². The van der Waals surface area contributed by atoms with Gasteiger partial charge in [-0.25, -0.2) is 0 Å². The quantitative estimate of drug-likeness (QED) is 0.926. The average Bonchev–Trinajstić information content (AvgIpc) is 3.16. The van der Waals surface area contributed by atoms with Gasteiger partial charge in [-0.3, -0.25) is 4.79 Å². The summed E-state index contributed by atoms with van der Waals surface area (Å²) in [5.41, 5.74) is 1.58. The maximum atomic E-state index is 12.1. The molecule has 0 aliphatic carbocycles. The van der Waals surface area contributed by atoms with Gasteiger partial charge in [-0.2, -0.15) is 0 Å². The van der Waals surface area contributed by atoms with E-state index in [0.717, 1.165) is 11.4 Å².